The molecule has 3 rings (SSSR count). The lowest BCUT2D eigenvalue weighted by molar-refractivity contribution is -0.119. The van der Waals surface area contributed by atoms with E-state index >= 15 is 0 Å². The summed E-state index contributed by atoms with van der Waals surface area (Å²) in [5, 5.41) is 0. The molecule has 0 unspecified atom stereocenters. The largest absolute Gasteiger partial charge is 0.327 e. The first-order valence-corrected chi connectivity index (χ1v) is 5.08. The van der Waals surface area contributed by atoms with Gasteiger partial charge in [0.05, 0.1) is 16.7 Å². The van der Waals surface area contributed by atoms with Crippen LogP contribution in [0.2, 0.25) is 0 Å². The van der Waals surface area contributed by atoms with Crippen molar-refractivity contribution < 1.29 is 4.79 Å². The lowest BCUT2D eigenvalue weighted by Gasteiger charge is -2.25. The van der Waals surface area contributed by atoms with Crippen LogP contribution in [0.4, 0.5) is 5.69 Å². The number of carbonyl (C=O) groups excluding carboxylic acids is 1. The minimum atomic E-state index is -0.219. The van der Waals surface area contributed by atoms with E-state index in [2.05, 4.69) is 4.98 Å². The van der Waals surface area contributed by atoms with Crippen molar-refractivity contribution >= 4 is 22.6 Å². The molecule has 2 heterocycles. The normalized spacial score (nSPS) is 14.9. The van der Waals surface area contributed by atoms with Gasteiger partial charge in [0.15, 0.2) is 0 Å². The Hall–Kier alpha value is -2.04. The van der Waals surface area contributed by atoms with E-state index in [0.29, 0.717) is 0 Å². The van der Waals surface area contributed by atoms with E-state index in [9.17, 15) is 9.59 Å². The Bertz CT molecular complexity index is 666. The number of aromatic amines is 1. The standard InChI is InChI=1S/C11H11N3O2/c1-6-3-4-7-10-9(6)13(2)8(15)5-14(10)11(16)12-7/h3-4H,5H2,1-2H3,(H,12,16). The molecule has 0 radical (unpaired) electrons. The van der Waals surface area contributed by atoms with Crippen molar-refractivity contribution in [2.75, 3.05) is 11.9 Å². The number of nitrogens with zero attached hydrogens (tertiary/aromatic N) is 2. The van der Waals surface area contributed by atoms with Crippen LogP contribution < -0.4 is 10.6 Å². The molecule has 0 bridgehead atoms. The van der Waals surface area contributed by atoms with Crippen molar-refractivity contribution in [2.45, 2.75) is 13.5 Å². The number of nitrogens with one attached hydrogen (secondary N) is 1. The summed E-state index contributed by atoms with van der Waals surface area (Å²) in [7, 11) is 1.74. The Kier molecular flexibility index (Phi) is 1.58. The molecule has 0 saturated heterocycles. The SMILES string of the molecule is Cc1ccc2[nH]c(=O)n3c2c1N(C)C(=O)C3. The summed E-state index contributed by atoms with van der Waals surface area (Å²) in [6.45, 7) is 2.05. The van der Waals surface area contributed by atoms with Crippen LogP contribution in [0.3, 0.4) is 0 Å². The first-order chi connectivity index (χ1) is 7.59. The van der Waals surface area contributed by atoms with Gasteiger partial charge in [-0.15, -0.1) is 0 Å². The number of aryl methyl sites for hydroxylation is 1. The van der Waals surface area contributed by atoms with Crippen LogP contribution in [0.25, 0.3) is 11.0 Å². The summed E-state index contributed by atoms with van der Waals surface area (Å²) >= 11 is 0. The van der Waals surface area contributed by atoms with Gasteiger partial charge in [0.2, 0.25) is 5.91 Å². The second kappa shape index (κ2) is 2.75. The van der Waals surface area contributed by atoms with Gasteiger partial charge in [-0.05, 0) is 18.6 Å². The first kappa shape index (κ1) is 9.21. The number of carbonyl (C=O) groups is 1. The highest BCUT2D eigenvalue weighted by Crippen LogP contribution is 2.31. The third-order valence-electron chi connectivity index (χ3n) is 3.11. The van der Waals surface area contributed by atoms with Crippen LogP contribution in [0.5, 0.6) is 0 Å². The molecule has 5 heteroatoms. The predicted octanol–water partition coefficient (Wildman–Crippen LogP) is 0.614. The zero-order valence-electron chi connectivity index (χ0n) is 9.07. The van der Waals surface area contributed by atoms with Crippen molar-refractivity contribution in [2.24, 2.45) is 0 Å². The number of benzene rings is 1. The van der Waals surface area contributed by atoms with E-state index in [-0.39, 0.29) is 18.1 Å². The number of likely N-dealkylation sites (N-methyl/N-ethyl adjacent to an activating group) is 1. The molecule has 2 aromatic rings. The van der Waals surface area contributed by atoms with E-state index < -0.39 is 0 Å². The zero-order chi connectivity index (χ0) is 11.4. The van der Waals surface area contributed by atoms with Crippen LogP contribution >= 0.6 is 0 Å². The molecule has 0 aliphatic carbocycles. The van der Waals surface area contributed by atoms with Gasteiger partial charge in [0, 0.05) is 7.05 Å². The quantitative estimate of drug-likeness (QED) is 0.703. The van der Waals surface area contributed by atoms with Crippen molar-refractivity contribution in [3.63, 3.8) is 0 Å². The van der Waals surface area contributed by atoms with Gasteiger partial charge in [-0.3, -0.25) is 9.36 Å². The number of imidazole rings is 1. The molecule has 1 aromatic carbocycles. The van der Waals surface area contributed by atoms with Crippen LogP contribution in [-0.2, 0) is 11.3 Å². The monoisotopic (exact) mass is 217 g/mol. The summed E-state index contributed by atoms with van der Waals surface area (Å²) in [5.41, 5.74) is 3.21. The molecule has 0 saturated carbocycles. The lowest BCUT2D eigenvalue weighted by Crippen LogP contribution is -2.37. The van der Waals surface area contributed by atoms with Gasteiger partial charge < -0.3 is 9.88 Å². The summed E-state index contributed by atoms with van der Waals surface area (Å²) < 4.78 is 1.50. The van der Waals surface area contributed by atoms with E-state index in [1.165, 1.54) is 4.57 Å². The topological polar surface area (TPSA) is 58.1 Å². The summed E-state index contributed by atoms with van der Waals surface area (Å²) in [6.07, 6.45) is 0. The molecule has 0 atom stereocenters. The summed E-state index contributed by atoms with van der Waals surface area (Å²) in [4.78, 5) is 27.8. The lowest BCUT2D eigenvalue weighted by atomic mass is 10.1. The molecule has 1 aliphatic rings. The number of anilines is 1. The Balaban J connectivity index is 2.55. The Labute approximate surface area is 91.3 Å². The summed E-state index contributed by atoms with van der Waals surface area (Å²) in [6, 6.07) is 3.78. The van der Waals surface area contributed by atoms with Crippen LogP contribution in [-0.4, -0.2) is 22.5 Å². The van der Waals surface area contributed by atoms with Crippen molar-refractivity contribution in [3.05, 3.63) is 28.2 Å². The first-order valence-electron chi connectivity index (χ1n) is 5.08. The van der Waals surface area contributed by atoms with Crippen molar-refractivity contribution in [3.8, 4) is 0 Å². The third-order valence-corrected chi connectivity index (χ3v) is 3.11. The van der Waals surface area contributed by atoms with Crippen LogP contribution in [0, 0.1) is 6.92 Å². The fourth-order valence-electron chi connectivity index (χ4n) is 2.28. The maximum Gasteiger partial charge on any atom is 0.327 e. The Morgan fingerprint density at radius 1 is 1.31 bits per heavy atom. The average molecular weight is 217 g/mol. The van der Waals surface area contributed by atoms with E-state index in [0.717, 1.165) is 22.3 Å². The molecule has 0 spiro atoms. The highest BCUT2D eigenvalue weighted by molar-refractivity contribution is 6.05. The number of hydrogen-bond acceptors (Lipinski definition) is 2. The Morgan fingerprint density at radius 3 is 2.81 bits per heavy atom. The number of H-pyrrole nitrogens is 1. The minimum Gasteiger partial charge on any atom is -0.312 e. The minimum absolute atomic E-state index is 0.0650. The zero-order valence-corrected chi connectivity index (χ0v) is 9.07. The molecule has 82 valence electrons. The highest BCUT2D eigenvalue weighted by atomic mass is 16.2. The Morgan fingerprint density at radius 2 is 2.06 bits per heavy atom. The smallest absolute Gasteiger partial charge is 0.312 e. The van der Waals surface area contributed by atoms with Crippen molar-refractivity contribution in [1.29, 1.82) is 0 Å². The maximum absolute atomic E-state index is 11.8. The molecule has 5 nitrogen and oxygen atoms in total. The molecular weight excluding hydrogens is 206 g/mol. The molecule has 0 fully saturated rings. The highest BCUT2D eigenvalue weighted by Gasteiger charge is 2.26. The van der Waals surface area contributed by atoms with Crippen molar-refractivity contribution in [1.82, 2.24) is 9.55 Å². The molecule has 1 aliphatic heterocycles. The summed E-state index contributed by atoms with van der Waals surface area (Å²) in [5.74, 6) is -0.0650. The van der Waals surface area contributed by atoms with Gasteiger partial charge in [0.25, 0.3) is 0 Å². The third kappa shape index (κ3) is 0.946. The van der Waals surface area contributed by atoms with E-state index in [4.69, 9.17) is 0 Å². The van der Waals surface area contributed by atoms with E-state index in [1.807, 2.05) is 19.1 Å². The predicted molar refractivity (Wildman–Crippen MR) is 60.7 cm³/mol. The second-order valence-electron chi connectivity index (χ2n) is 4.10. The van der Waals surface area contributed by atoms with Crippen LogP contribution in [0.1, 0.15) is 5.56 Å². The van der Waals surface area contributed by atoms with Gasteiger partial charge in [0.1, 0.15) is 6.54 Å². The number of rotatable bonds is 0. The number of aromatic nitrogens is 2. The molecule has 16 heavy (non-hydrogen) atoms. The van der Waals surface area contributed by atoms with Gasteiger partial charge in [-0.25, -0.2) is 4.79 Å². The van der Waals surface area contributed by atoms with Gasteiger partial charge in [-0.2, -0.15) is 0 Å². The number of amides is 1. The van der Waals surface area contributed by atoms with Crippen LogP contribution in [0.15, 0.2) is 16.9 Å². The molecule has 1 amide bonds. The molecule has 1 aromatic heterocycles. The number of hydrogen-bond donors (Lipinski definition) is 1. The maximum atomic E-state index is 11.8. The van der Waals surface area contributed by atoms with Gasteiger partial charge >= 0.3 is 5.69 Å². The van der Waals surface area contributed by atoms with E-state index in [1.54, 1.807) is 11.9 Å². The average Bonchev–Trinajstić information content (AvgIpc) is 2.55. The fourth-order valence-corrected chi connectivity index (χ4v) is 2.28. The fraction of sp³-hybridized carbons (Fsp3) is 0.273. The molecular formula is C11H11N3O2. The van der Waals surface area contributed by atoms with Gasteiger partial charge in [-0.1, -0.05) is 6.07 Å². The second-order valence-corrected chi connectivity index (χ2v) is 4.10. The molecule has 1 N–H and O–H groups in total.